The van der Waals surface area contributed by atoms with Crippen molar-refractivity contribution in [3.05, 3.63) is 64.0 Å². The lowest BCUT2D eigenvalue weighted by atomic mass is 9.96. The number of anilines is 4. The van der Waals surface area contributed by atoms with Crippen LogP contribution in [0.4, 0.5) is 22.9 Å². The highest BCUT2D eigenvalue weighted by molar-refractivity contribution is 7.21. The second kappa shape index (κ2) is 8.16. The van der Waals surface area contributed by atoms with Crippen LogP contribution in [0.5, 0.6) is 0 Å². The van der Waals surface area contributed by atoms with E-state index in [1.165, 1.54) is 16.9 Å². The quantitative estimate of drug-likeness (QED) is 0.321. The molecule has 0 unspecified atom stereocenters. The molecular formula is C25H27N5OS. The number of carbonyl (C=O) groups excluding carboxylic acids is 1. The average Bonchev–Trinajstić information content (AvgIpc) is 3.08. The summed E-state index contributed by atoms with van der Waals surface area (Å²) in [5.74, 6) is 0.358. The third-order valence-corrected chi connectivity index (χ3v) is 6.97. The number of hydrogen-bond acceptors (Lipinski definition) is 6. The number of fused-ring (bicyclic) bond motifs is 1. The first-order chi connectivity index (χ1) is 15.2. The van der Waals surface area contributed by atoms with Crippen molar-refractivity contribution in [3.8, 4) is 11.1 Å². The Labute approximate surface area is 191 Å². The Bertz CT molecular complexity index is 1340. The number of nitrogens with two attached hydrogens (primary N) is 3. The maximum Gasteiger partial charge on any atom is 0.267 e. The van der Waals surface area contributed by atoms with Gasteiger partial charge in [-0.15, -0.1) is 11.3 Å². The van der Waals surface area contributed by atoms with Crippen molar-refractivity contribution in [3.63, 3.8) is 0 Å². The lowest BCUT2D eigenvalue weighted by Gasteiger charge is -2.12. The van der Waals surface area contributed by atoms with Crippen LogP contribution in [0.15, 0.2) is 42.5 Å². The summed E-state index contributed by atoms with van der Waals surface area (Å²) in [4.78, 5) is 18.5. The zero-order valence-electron chi connectivity index (χ0n) is 18.6. The van der Waals surface area contributed by atoms with E-state index in [0.717, 1.165) is 22.4 Å². The van der Waals surface area contributed by atoms with Crippen molar-refractivity contribution in [1.82, 2.24) is 4.98 Å². The summed E-state index contributed by atoms with van der Waals surface area (Å²) in [6.07, 6.45) is 0. The first-order valence-electron chi connectivity index (χ1n) is 10.4. The summed E-state index contributed by atoms with van der Waals surface area (Å²) in [6, 6.07) is 13.9. The fourth-order valence-electron chi connectivity index (χ4n) is 3.75. The highest BCUT2D eigenvalue weighted by Crippen LogP contribution is 2.44. The number of aromatic nitrogens is 1. The number of carbonyl (C=O) groups is 1. The van der Waals surface area contributed by atoms with E-state index in [2.05, 4.69) is 36.3 Å². The second-order valence-corrected chi connectivity index (χ2v) is 9.29. The molecule has 0 aliphatic heterocycles. The van der Waals surface area contributed by atoms with Gasteiger partial charge in [0, 0.05) is 16.6 Å². The van der Waals surface area contributed by atoms with Crippen LogP contribution in [0.3, 0.4) is 0 Å². The van der Waals surface area contributed by atoms with E-state index in [4.69, 9.17) is 17.2 Å². The standard InChI is InChI=1S/C25H27N5OS/c1-12(2)15-8-10-16(11-9-15)18-19-20(26)22(32-25(19)30-23(28)21(18)27)24(31)29-17-7-5-6-13(3)14(17)4/h5-12H,26-27H2,1-4H3,(H2,28,30)(H,29,31). The van der Waals surface area contributed by atoms with Crippen LogP contribution in [-0.2, 0) is 0 Å². The molecule has 6 nitrogen and oxygen atoms in total. The molecule has 7 N–H and O–H groups in total. The van der Waals surface area contributed by atoms with E-state index >= 15 is 0 Å². The molecule has 0 aliphatic rings. The summed E-state index contributed by atoms with van der Waals surface area (Å²) >= 11 is 1.22. The third kappa shape index (κ3) is 3.65. The van der Waals surface area contributed by atoms with Gasteiger partial charge in [0.25, 0.3) is 5.91 Å². The summed E-state index contributed by atoms with van der Waals surface area (Å²) in [5.41, 5.74) is 25.4. The zero-order chi connectivity index (χ0) is 23.2. The number of benzene rings is 2. The maximum atomic E-state index is 13.1. The van der Waals surface area contributed by atoms with Crippen LogP contribution < -0.4 is 22.5 Å². The molecule has 0 atom stereocenters. The van der Waals surface area contributed by atoms with Gasteiger partial charge < -0.3 is 22.5 Å². The Morgan fingerprint density at radius 2 is 1.69 bits per heavy atom. The van der Waals surface area contributed by atoms with E-state index in [9.17, 15) is 4.79 Å². The number of thiophene rings is 1. The van der Waals surface area contributed by atoms with Crippen molar-refractivity contribution in [2.24, 2.45) is 0 Å². The van der Waals surface area contributed by atoms with Crippen molar-refractivity contribution < 1.29 is 4.79 Å². The van der Waals surface area contributed by atoms with Crippen molar-refractivity contribution in [2.45, 2.75) is 33.6 Å². The van der Waals surface area contributed by atoms with Gasteiger partial charge in [-0.2, -0.15) is 0 Å². The fourth-order valence-corrected chi connectivity index (χ4v) is 4.76. The van der Waals surface area contributed by atoms with Gasteiger partial charge in [0.15, 0.2) is 0 Å². The first-order valence-corrected chi connectivity index (χ1v) is 11.3. The fraction of sp³-hybridized carbons (Fsp3) is 0.200. The molecule has 0 bridgehead atoms. The summed E-state index contributed by atoms with van der Waals surface area (Å²) in [6.45, 7) is 8.26. The Morgan fingerprint density at radius 1 is 1.00 bits per heavy atom. The predicted molar refractivity (Wildman–Crippen MR) is 136 cm³/mol. The minimum Gasteiger partial charge on any atom is -0.397 e. The molecule has 164 valence electrons. The molecule has 0 radical (unpaired) electrons. The van der Waals surface area contributed by atoms with Crippen molar-refractivity contribution in [1.29, 1.82) is 0 Å². The number of hydrogen-bond donors (Lipinski definition) is 4. The van der Waals surface area contributed by atoms with Crippen molar-refractivity contribution in [2.75, 3.05) is 22.5 Å². The molecule has 4 rings (SSSR count). The second-order valence-electron chi connectivity index (χ2n) is 8.29. The Hall–Kier alpha value is -3.58. The minimum absolute atomic E-state index is 0.225. The van der Waals surface area contributed by atoms with E-state index in [0.29, 0.717) is 37.9 Å². The number of aryl methyl sites for hydroxylation is 1. The van der Waals surface area contributed by atoms with Gasteiger partial charge in [-0.3, -0.25) is 4.79 Å². The van der Waals surface area contributed by atoms with E-state index in [-0.39, 0.29) is 11.7 Å². The molecular weight excluding hydrogens is 418 g/mol. The van der Waals surface area contributed by atoms with Crippen LogP contribution in [0.25, 0.3) is 21.3 Å². The Morgan fingerprint density at radius 3 is 2.34 bits per heavy atom. The zero-order valence-corrected chi connectivity index (χ0v) is 19.4. The molecule has 0 saturated carbocycles. The largest absolute Gasteiger partial charge is 0.397 e. The number of pyridine rings is 1. The van der Waals surface area contributed by atoms with E-state index < -0.39 is 0 Å². The van der Waals surface area contributed by atoms with Crippen LogP contribution in [-0.4, -0.2) is 10.9 Å². The molecule has 1 amide bonds. The van der Waals surface area contributed by atoms with Gasteiger partial charge in [-0.05, 0) is 48.1 Å². The van der Waals surface area contributed by atoms with E-state index in [1.54, 1.807) is 0 Å². The molecule has 0 spiro atoms. The maximum absolute atomic E-state index is 13.1. The van der Waals surface area contributed by atoms with E-state index in [1.807, 2.05) is 44.2 Å². The van der Waals surface area contributed by atoms with Crippen LogP contribution >= 0.6 is 11.3 Å². The Kier molecular flexibility index (Phi) is 5.52. The Balaban J connectivity index is 1.84. The first kappa shape index (κ1) is 21.6. The number of nitrogens with one attached hydrogen (secondary N) is 1. The molecule has 0 saturated heterocycles. The normalized spacial score (nSPS) is 11.3. The molecule has 2 aromatic carbocycles. The highest BCUT2D eigenvalue weighted by atomic mass is 32.1. The highest BCUT2D eigenvalue weighted by Gasteiger charge is 2.23. The summed E-state index contributed by atoms with van der Waals surface area (Å²) < 4.78 is 0. The predicted octanol–water partition coefficient (Wildman–Crippen LogP) is 5.70. The molecule has 7 heteroatoms. The molecule has 0 fully saturated rings. The molecule has 2 heterocycles. The van der Waals surface area contributed by atoms with Gasteiger partial charge in [0.1, 0.15) is 15.5 Å². The lowest BCUT2D eigenvalue weighted by Crippen LogP contribution is -2.13. The van der Waals surface area contributed by atoms with Crippen LogP contribution in [0.1, 0.15) is 46.1 Å². The molecule has 4 aromatic rings. The lowest BCUT2D eigenvalue weighted by molar-refractivity contribution is 0.103. The minimum atomic E-state index is -0.280. The number of rotatable bonds is 4. The molecule has 2 aromatic heterocycles. The van der Waals surface area contributed by atoms with Gasteiger partial charge in [-0.1, -0.05) is 50.2 Å². The van der Waals surface area contributed by atoms with Gasteiger partial charge in [-0.25, -0.2) is 4.98 Å². The number of nitrogen functional groups attached to an aromatic ring is 3. The monoisotopic (exact) mass is 445 g/mol. The molecule has 32 heavy (non-hydrogen) atoms. The summed E-state index contributed by atoms with van der Waals surface area (Å²) in [5, 5.41) is 3.64. The smallest absolute Gasteiger partial charge is 0.267 e. The van der Waals surface area contributed by atoms with Gasteiger partial charge in [0.05, 0.1) is 11.4 Å². The summed E-state index contributed by atoms with van der Waals surface area (Å²) in [7, 11) is 0. The number of nitrogens with zero attached hydrogens (tertiary/aromatic N) is 1. The van der Waals surface area contributed by atoms with Crippen LogP contribution in [0.2, 0.25) is 0 Å². The third-order valence-electron chi connectivity index (χ3n) is 5.87. The van der Waals surface area contributed by atoms with Gasteiger partial charge >= 0.3 is 0 Å². The van der Waals surface area contributed by atoms with Crippen molar-refractivity contribution >= 4 is 50.3 Å². The average molecular weight is 446 g/mol. The van der Waals surface area contributed by atoms with Gasteiger partial charge in [0.2, 0.25) is 0 Å². The number of amides is 1. The topological polar surface area (TPSA) is 120 Å². The molecule has 0 aliphatic carbocycles. The van der Waals surface area contributed by atoms with Crippen LogP contribution in [0, 0.1) is 13.8 Å². The SMILES string of the molecule is Cc1cccc(NC(=O)c2sc3nc(N)c(N)c(-c4ccc(C(C)C)cc4)c3c2N)c1C.